The molecule has 0 aliphatic rings. The van der Waals surface area contributed by atoms with Crippen LogP contribution < -0.4 is 15.2 Å². The Kier molecular flexibility index (Phi) is 4.15. The summed E-state index contributed by atoms with van der Waals surface area (Å²) >= 11 is 0. The molecule has 3 aromatic rings. The zero-order valence-electron chi connectivity index (χ0n) is 12.7. The largest absolute Gasteiger partial charge is 0.481 e. The number of rotatable bonds is 5. The van der Waals surface area contributed by atoms with Gasteiger partial charge in [-0.25, -0.2) is 0 Å². The molecule has 0 fully saturated rings. The number of fused-ring (bicyclic) bond motifs is 1. The molecule has 1 unspecified atom stereocenters. The number of nitrogens with two attached hydrogens (primary N) is 1. The van der Waals surface area contributed by atoms with Crippen molar-refractivity contribution in [1.29, 1.82) is 0 Å². The zero-order valence-corrected chi connectivity index (χ0v) is 12.7. The monoisotopic (exact) mass is 307 g/mol. The van der Waals surface area contributed by atoms with Crippen LogP contribution in [0.25, 0.3) is 10.8 Å². The van der Waals surface area contributed by atoms with Crippen molar-refractivity contribution in [2.75, 3.05) is 0 Å². The molecular weight excluding hydrogens is 290 g/mol. The number of hydrogen-bond acceptors (Lipinski definition) is 3. The Morgan fingerprint density at radius 1 is 0.870 bits per heavy atom. The maximum Gasteiger partial charge on any atom is 0.258 e. The minimum atomic E-state index is -0.665. The zero-order chi connectivity index (χ0) is 16.2. The summed E-state index contributed by atoms with van der Waals surface area (Å²) in [7, 11) is 0. The summed E-state index contributed by atoms with van der Waals surface area (Å²) < 4.78 is 11.3. The predicted octanol–water partition coefficient (Wildman–Crippen LogP) is 3.88. The summed E-state index contributed by atoms with van der Waals surface area (Å²) in [6.07, 6.45) is -0.665. The van der Waals surface area contributed by atoms with Crippen LogP contribution in [0.15, 0.2) is 66.7 Å². The molecular formula is C19H17NO3. The maximum atomic E-state index is 11.0. The predicted molar refractivity (Wildman–Crippen MR) is 89.7 cm³/mol. The van der Waals surface area contributed by atoms with E-state index in [0.717, 1.165) is 11.1 Å². The lowest BCUT2D eigenvalue weighted by atomic mass is 10.1. The van der Waals surface area contributed by atoms with Crippen LogP contribution in [0.2, 0.25) is 0 Å². The van der Waals surface area contributed by atoms with Crippen LogP contribution in [0.4, 0.5) is 0 Å². The highest BCUT2D eigenvalue weighted by atomic mass is 16.5. The van der Waals surface area contributed by atoms with E-state index in [9.17, 15) is 4.79 Å². The summed E-state index contributed by atoms with van der Waals surface area (Å²) in [5.74, 6) is 1.53. The van der Waals surface area contributed by atoms with Crippen molar-refractivity contribution in [1.82, 2.24) is 0 Å². The van der Waals surface area contributed by atoms with Gasteiger partial charge in [0.1, 0.15) is 17.2 Å². The van der Waals surface area contributed by atoms with Gasteiger partial charge in [-0.3, -0.25) is 4.79 Å². The number of ether oxygens (including phenoxy) is 2. The Bertz CT molecular complexity index is 827. The van der Waals surface area contributed by atoms with E-state index in [1.165, 1.54) is 5.39 Å². The van der Waals surface area contributed by atoms with Gasteiger partial charge in [0.2, 0.25) is 0 Å². The third-order valence-electron chi connectivity index (χ3n) is 3.49. The first-order valence-corrected chi connectivity index (χ1v) is 7.34. The van der Waals surface area contributed by atoms with Crippen LogP contribution in [0, 0.1) is 0 Å². The average molecular weight is 307 g/mol. The molecule has 2 N–H and O–H groups in total. The smallest absolute Gasteiger partial charge is 0.258 e. The number of hydrogen-bond donors (Lipinski definition) is 1. The van der Waals surface area contributed by atoms with Gasteiger partial charge in [0.05, 0.1) is 0 Å². The molecule has 3 rings (SSSR count). The number of carbonyl (C=O) groups excluding carboxylic acids is 1. The second-order valence-corrected chi connectivity index (χ2v) is 5.24. The number of amides is 1. The highest BCUT2D eigenvalue weighted by molar-refractivity contribution is 5.83. The van der Waals surface area contributed by atoms with Crippen LogP contribution in [0.1, 0.15) is 6.92 Å². The van der Waals surface area contributed by atoms with Crippen molar-refractivity contribution in [3.8, 4) is 17.2 Å². The Labute approximate surface area is 134 Å². The molecule has 1 amide bonds. The molecule has 0 radical (unpaired) electrons. The third-order valence-corrected chi connectivity index (χ3v) is 3.49. The summed E-state index contributed by atoms with van der Waals surface area (Å²) in [6, 6.07) is 21.1. The minimum Gasteiger partial charge on any atom is -0.481 e. The summed E-state index contributed by atoms with van der Waals surface area (Å²) in [5, 5.41) is 2.30. The first kappa shape index (κ1) is 14.9. The van der Waals surface area contributed by atoms with Crippen molar-refractivity contribution in [3.63, 3.8) is 0 Å². The average Bonchev–Trinajstić information content (AvgIpc) is 2.56. The quantitative estimate of drug-likeness (QED) is 0.778. The third kappa shape index (κ3) is 3.61. The van der Waals surface area contributed by atoms with Crippen LogP contribution in [-0.2, 0) is 4.79 Å². The number of primary amides is 1. The Hall–Kier alpha value is -3.01. The number of carbonyl (C=O) groups is 1. The molecule has 0 heterocycles. The van der Waals surface area contributed by atoms with Crippen molar-refractivity contribution in [2.24, 2.45) is 5.73 Å². The van der Waals surface area contributed by atoms with Crippen LogP contribution >= 0.6 is 0 Å². The lowest BCUT2D eigenvalue weighted by molar-refractivity contribution is -0.123. The second kappa shape index (κ2) is 6.40. The first-order valence-electron chi connectivity index (χ1n) is 7.34. The molecule has 1 atom stereocenters. The van der Waals surface area contributed by atoms with Gasteiger partial charge in [-0.15, -0.1) is 0 Å². The van der Waals surface area contributed by atoms with E-state index >= 15 is 0 Å². The summed E-state index contributed by atoms with van der Waals surface area (Å²) in [6.45, 7) is 1.61. The first-order chi connectivity index (χ1) is 11.1. The molecule has 0 spiro atoms. The molecule has 0 saturated heterocycles. The topological polar surface area (TPSA) is 61.6 Å². The highest BCUT2D eigenvalue weighted by Crippen LogP contribution is 2.27. The van der Waals surface area contributed by atoms with Gasteiger partial charge < -0.3 is 15.2 Å². The Morgan fingerprint density at radius 2 is 1.48 bits per heavy atom. The van der Waals surface area contributed by atoms with Gasteiger partial charge in [0.15, 0.2) is 6.10 Å². The van der Waals surface area contributed by atoms with E-state index < -0.39 is 12.0 Å². The van der Waals surface area contributed by atoms with E-state index in [1.807, 2.05) is 36.4 Å². The molecule has 0 saturated carbocycles. The second-order valence-electron chi connectivity index (χ2n) is 5.24. The van der Waals surface area contributed by atoms with E-state index in [-0.39, 0.29) is 0 Å². The fraction of sp³-hybridized carbons (Fsp3) is 0.105. The molecule has 0 aliphatic carbocycles. The van der Waals surface area contributed by atoms with Crippen LogP contribution in [0.3, 0.4) is 0 Å². The van der Waals surface area contributed by atoms with Gasteiger partial charge in [0, 0.05) is 0 Å². The molecule has 116 valence electrons. The van der Waals surface area contributed by atoms with Crippen molar-refractivity contribution in [2.45, 2.75) is 13.0 Å². The lowest BCUT2D eigenvalue weighted by Crippen LogP contribution is -2.30. The number of benzene rings is 3. The fourth-order valence-corrected chi connectivity index (χ4v) is 2.22. The lowest BCUT2D eigenvalue weighted by Gasteiger charge is -2.12. The summed E-state index contributed by atoms with van der Waals surface area (Å²) in [5.41, 5.74) is 5.17. The Balaban J connectivity index is 1.73. The van der Waals surface area contributed by atoms with E-state index in [2.05, 4.69) is 6.07 Å². The standard InChI is InChI=1S/C19H17NO3/c1-13(19(20)21)22-16-8-10-17(11-9-16)23-18-7-6-14-4-2-3-5-15(14)12-18/h2-13H,1H3,(H2,20,21). The normalized spacial score (nSPS) is 11.9. The summed E-state index contributed by atoms with van der Waals surface area (Å²) in [4.78, 5) is 11.0. The van der Waals surface area contributed by atoms with Crippen LogP contribution in [0.5, 0.6) is 17.2 Å². The minimum absolute atomic E-state index is 0.499. The van der Waals surface area contributed by atoms with E-state index in [4.69, 9.17) is 15.2 Å². The van der Waals surface area contributed by atoms with Gasteiger partial charge in [0.25, 0.3) is 5.91 Å². The molecule has 23 heavy (non-hydrogen) atoms. The van der Waals surface area contributed by atoms with Crippen LogP contribution in [-0.4, -0.2) is 12.0 Å². The highest BCUT2D eigenvalue weighted by Gasteiger charge is 2.10. The maximum absolute atomic E-state index is 11.0. The van der Waals surface area contributed by atoms with Gasteiger partial charge >= 0.3 is 0 Å². The van der Waals surface area contributed by atoms with Gasteiger partial charge in [-0.1, -0.05) is 30.3 Å². The Morgan fingerprint density at radius 3 is 2.17 bits per heavy atom. The van der Waals surface area contributed by atoms with Gasteiger partial charge in [-0.05, 0) is 54.1 Å². The SMILES string of the molecule is CC(Oc1ccc(Oc2ccc3ccccc3c2)cc1)C(N)=O. The molecule has 3 aromatic carbocycles. The molecule has 4 nitrogen and oxygen atoms in total. The van der Waals surface area contributed by atoms with Crippen molar-refractivity contribution >= 4 is 16.7 Å². The van der Waals surface area contributed by atoms with Gasteiger partial charge in [-0.2, -0.15) is 0 Å². The molecule has 0 aromatic heterocycles. The van der Waals surface area contributed by atoms with E-state index in [0.29, 0.717) is 11.5 Å². The molecule has 0 aliphatic heterocycles. The van der Waals surface area contributed by atoms with Crippen molar-refractivity contribution < 1.29 is 14.3 Å². The van der Waals surface area contributed by atoms with Crippen molar-refractivity contribution in [3.05, 3.63) is 66.7 Å². The van der Waals surface area contributed by atoms with E-state index in [1.54, 1.807) is 31.2 Å². The molecule has 4 heteroatoms. The molecule has 0 bridgehead atoms. The fourth-order valence-electron chi connectivity index (χ4n) is 2.22.